The number of aryl methyl sites for hydroxylation is 1. The second kappa shape index (κ2) is 10.2. The first kappa shape index (κ1) is 22.6. The summed E-state index contributed by atoms with van der Waals surface area (Å²) in [6.07, 6.45) is 8.57. The molecule has 1 saturated carbocycles. The molecule has 1 heterocycles. The summed E-state index contributed by atoms with van der Waals surface area (Å²) in [5.74, 6) is -2.43. The van der Waals surface area contributed by atoms with Gasteiger partial charge in [0, 0.05) is 35.8 Å². The summed E-state index contributed by atoms with van der Waals surface area (Å²) in [5, 5.41) is 18.9. The predicted molar refractivity (Wildman–Crippen MR) is 110 cm³/mol. The van der Waals surface area contributed by atoms with E-state index in [9.17, 15) is 14.4 Å². The molecule has 0 aromatic heterocycles. The zero-order valence-corrected chi connectivity index (χ0v) is 17.1. The fraction of sp³-hybridized carbons (Fsp3) is 0.500. The van der Waals surface area contributed by atoms with Crippen molar-refractivity contribution in [3.63, 3.8) is 0 Å². The van der Waals surface area contributed by atoms with E-state index in [4.69, 9.17) is 10.2 Å². The fourth-order valence-corrected chi connectivity index (χ4v) is 4.27. The van der Waals surface area contributed by atoms with Gasteiger partial charge >= 0.3 is 11.9 Å². The number of likely N-dealkylation sites (N-methyl/N-ethyl adjacent to an activating group) is 1. The van der Waals surface area contributed by atoms with Crippen LogP contribution >= 0.6 is 0 Å². The molecule has 1 atom stereocenters. The highest BCUT2D eigenvalue weighted by molar-refractivity contribution is 5.94. The summed E-state index contributed by atoms with van der Waals surface area (Å²) in [7, 11) is 2.23. The summed E-state index contributed by atoms with van der Waals surface area (Å²) in [5.41, 5.74) is 2.18. The number of carbonyl (C=O) groups is 3. The molecule has 1 aliphatic carbocycles. The van der Waals surface area contributed by atoms with Crippen molar-refractivity contribution in [2.75, 3.05) is 13.6 Å². The number of carboxylic acid groups (broad SMARTS) is 2. The molecule has 7 heteroatoms. The van der Waals surface area contributed by atoms with E-state index in [0.717, 1.165) is 18.5 Å². The smallest absolute Gasteiger partial charge is 0.328 e. The van der Waals surface area contributed by atoms with Crippen molar-refractivity contribution >= 4 is 17.8 Å². The van der Waals surface area contributed by atoms with Gasteiger partial charge in [0.2, 0.25) is 0 Å². The lowest BCUT2D eigenvalue weighted by molar-refractivity contribution is -0.134. The van der Waals surface area contributed by atoms with Gasteiger partial charge < -0.3 is 15.5 Å². The van der Waals surface area contributed by atoms with Crippen molar-refractivity contribution in [3.8, 4) is 0 Å². The SMILES string of the molecule is Cc1ccc(C(=O)NC2CCN(C)C23CCCCC3)cc1.O=C(O)/C=C/C(=O)O. The average Bonchev–Trinajstić information content (AvgIpc) is 2.97. The Morgan fingerprint density at radius 1 is 1.03 bits per heavy atom. The lowest BCUT2D eigenvalue weighted by Crippen LogP contribution is -2.56. The third-order valence-corrected chi connectivity index (χ3v) is 5.87. The van der Waals surface area contributed by atoms with Crippen LogP contribution in [0.1, 0.15) is 54.4 Å². The maximum absolute atomic E-state index is 12.5. The molecule has 158 valence electrons. The number of nitrogens with one attached hydrogen (secondary N) is 1. The first-order chi connectivity index (χ1) is 13.7. The quantitative estimate of drug-likeness (QED) is 0.669. The summed E-state index contributed by atoms with van der Waals surface area (Å²) in [6.45, 7) is 3.14. The van der Waals surface area contributed by atoms with Crippen LogP contribution in [0.3, 0.4) is 0 Å². The number of benzene rings is 1. The van der Waals surface area contributed by atoms with E-state index in [0.29, 0.717) is 18.2 Å². The molecule has 2 fully saturated rings. The van der Waals surface area contributed by atoms with Crippen molar-refractivity contribution in [1.29, 1.82) is 0 Å². The van der Waals surface area contributed by atoms with Crippen LogP contribution in [-0.2, 0) is 9.59 Å². The van der Waals surface area contributed by atoms with Gasteiger partial charge in [0.05, 0.1) is 0 Å². The Balaban J connectivity index is 0.000000321. The van der Waals surface area contributed by atoms with Crippen molar-refractivity contribution in [3.05, 3.63) is 47.5 Å². The number of nitrogens with zero attached hydrogens (tertiary/aromatic N) is 1. The topological polar surface area (TPSA) is 107 Å². The van der Waals surface area contributed by atoms with Crippen molar-refractivity contribution in [2.24, 2.45) is 0 Å². The highest BCUT2D eigenvalue weighted by Crippen LogP contribution is 2.40. The van der Waals surface area contributed by atoms with Crippen LogP contribution in [0.15, 0.2) is 36.4 Å². The van der Waals surface area contributed by atoms with Crippen LogP contribution in [0.2, 0.25) is 0 Å². The van der Waals surface area contributed by atoms with Crippen LogP contribution in [0.5, 0.6) is 0 Å². The Hall–Kier alpha value is -2.67. The molecule has 1 spiro atoms. The monoisotopic (exact) mass is 402 g/mol. The molecular formula is C22H30N2O5. The third kappa shape index (κ3) is 6.15. The van der Waals surface area contributed by atoms with Gasteiger partial charge in [-0.1, -0.05) is 37.0 Å². The largest absolute Gasteiger partial charge is 0.478 e. The number of amides is 1. The molecule has 0 radical (unpaired) electrons. The van der Waals surface area contributed by atoms with Crippen LogP contribution < -0.4 is 5.32 Å². The van der Waals surface area contributed by atoms with Gasteiger partial charge in [-0.25, -0.2) is 9.59 Å². The summed E-state index contributed by atoms with van der Waals surface area (Å²) in [4.78, 5) is 34.1. The molecule has 0 bridgehead atoms. The van der Waals surface area contributed by atoms with Gasteiger partial charge in [-0.15, -0.1) is 0 Å². The molecule has 7 nitrogen and oxygen atoms in total. The lowest BCUT2D eigenvalue weighted by atomic mass is 9.77. The normalized spacial score (nSPS) is 20.8. The van der Waals surface area contributed by atoms with Crippen molar-refractivity contribution < 1.29 is 24.6 Å². The molecule has 1 saturated heterocycles. The number of hydrogen-bond donors (Lipinski definition) is 3. The number of carboxylic acids is 2. The van der Waals surface area contributed by atoms with Gasteiger partial charge in [-0.05, 0) is 45.4 Å². The lowest BCUT2D eigenvalue weighted by Gasteiger charge is -2.44. The molecule has 1 unspecified atom stereocenters. The van der Waals surface area contributed by atoms with E-state index in [2.05, 4.69) is 17.3 Å². The molecule has 1 aromatic carbocycles. The zero-order chi connectivity index (χ0) is 21.4. The average molecular weight is 402 g/mol. The van der Waals surface area contributed by atoms with Crippen LogP contribution in [-0.4, -0.2) is 58.1 Å². The van der Waals surface area contributed by atoms with Crippen molar-refractivity contribution in [2.45, 2.75) is 57.0 Å². The van der Waals surface area contributed by atoms with E-state index in [-0.39, 0.29) is 11.4 Å². The molecular weight excluding hydrogens is 372 g/mol. The third-order valence-electron chi connectivity index (χ3n) is 5.87. The Morgan fingerprint density at radius 3 is 2.10 bits per heavy atom. The standard InChI is InChI=1S/C18H26N2O.C4H4O4/c1-14-6-8-15(9-7-14)17(21)19-16-10-13-20(2)18(16)11-4-3-5-12-18;5-3(6)1-2-4(7)8/h6-9,16H,3-5,10-13H2,1-2H3,(H,19,21);1-2H,(H,5,6)(H,7,8)/b;2-1+. The number of aliphatic carboxylic acids is 2. The molecule has 2 aliphatic rings. The van der Waals surface area contributed by atoms with Gasteiger partial charge in [0.25, 0.3) is 5.91 Å². The van der Waals surface area contributed by atoms with Gasteiger partial charge in [0.15, 0.2) is 0 Å². The summed E-state index contributed by atoms with van der Waals surface area (Å²) in [6, 6.07) is 8.17. The molecule has 1 amide bonds. The number of rotatable bonds is 4. The van der Waals surface area contributed by atoms with E-state index in [1.807, 2.05) is 31.2 Å². The Morgan fingerprint density at radius 2 is 1.59 bits per heavy atom. The minimum absolute atomic E-state index is 0.0836. The second-order valence-electron chi connectivity index (χ2n) is 7.78. The molecule has 29 heavy (non-hydrogen) atoms. The minimum atomic E-state index is -1.26. The molecule has 1 aliphatic heterocycles. The predicted octanol–water partition coefficient (Wildman–Crippen LogP) is 2.84. The van der Waals surface area contributed by atoms with Crippen molar-refractivity contribution in [1.82, 2.24) is 10.2 Å². The van der Waals surface area contributed by atoms with Crippen LogP contribution in [0, 0.1) is 6.92 Å². The maximum Gasteiger partial charge on any atom is 0.328 e. The van der Waals surface area contributed by atoms with E-state index in [1.54, 1.807) is 0 Å². The van der Waals surface area contributed by atoms with E-state index in [1.165, 1.54) is 37.7 Å². The van der Waals surface area contributed by atoms with Crippen LogP contribution in [0.25, 0.3) is 0 Å². The van der Waals surface area contributed by atoms with Gasteiger partial charge in [-0.2, -0.15) is 0 Å². The Bertz CT molecular complexity index is 735. The number of carbonyl (C=O) groups excluding carboxylic acids is 1. The summed E-state index contributed by atoms with van der Waals surface area (Å²) >= 11 is 0. The minimum Gasteiger partial charge on any atom is -0.478 e. The van der Waals surface area contributed by atoms with E-state index >= 15 is 0 Å². The zero-order valence-electron chi connectivity index (χ0n) is 17.1. The Labute approximate surface area is 171 Å². The first-order valence-electron chi connectivity index (χ1n) is 9.97. The van der Waals surface area contributed by atoms with Crippen LogP contribution in [0.4, 0.5) is 0 Å². The number of hydrogen-bond acceptors (Lipinski definition) is 4. The van der Waals surface area contributed by atoms with E-state index < -0.39 is 11.9 Å². The maximum atomic E-state index is 12.5. The fourth-order valence-electron chi connectivity index (χ4n) is 4.27. The summed E-state index contributed by atoms with van der Waals surface area (Å²) < 4.78 is 0. The molecule has 1 aromatic rings. The highest BCUT2D eigenvalue weighted by Gasteiger charge is 2.47. The first-order valence-corrected chi connectivity index (χ1v) is 9.97. The molecule has 3 N–H and O–H groups in total. The number of likely N-dealkylation sites (tertiary alicyclic amines) is 1. The molecule has 3 rings (SSSR count). The van der Waals surface area contributed by atoms with Gasteiger partial charge in [0.1, 0.15) is 0 Å². The Kier molecular flexibility index (Phi) is 7.96. The second-order valence-corrected chi connectivity index (χ2v) is 7.78. The highest BCUT2D eigenvalue weighted by atomic mass is 16.4. The van der Waals surface area contributed by atoms with Gasteiger partial charge in [-0.3, -0.25) is 9.69 Å².